The summed E-state index contributed by atoms with van der Waals surface area (Å²) in [4.78, 5) is 0. The van der Waals surface area contributed by atoms with E-state index in [4.69, 9.17) is 0 Å². The zero-order chi connectivity index (χ0) is 21.1. The third kappa shape index (κ3) is 4.03. The van der Waals surface area contributed by atoms with Gasteiger partial charge in [0.1, 0.15) is 5.54 Å². The molecule has 0 saturated carbocycles. The smallest absolute Gasteiger partial charge is 0.296 e. The number of hydrogen-bond donors (Lipinski definition) is 1. The van der Waals surface area contributed by atoms with Crippen molar-refractivity contribution < 1.29 is 17.7 Å². The fraction of sp³-hybridized carbons (Fsp3) is 0.217. The van der Waals surface area contributed by atoms with E-state index in [0.717, 1.165) is 5.56 Å². The van der Waals surface area contributed by atoms with Crippen LogP contribution in [0.5, 0.6) is 0 Å². The minimum absolute atomic E-state index is 0.0465. The first-order valence-electron chi connectivity index (χ1n) is 9.37. The van der Waals surface area contributed by atoms with E-state index >= 15 is 0 Å². The van der Waals surface area contributed by atoms with Gasteiger partial charge in [0.25, 0.3) is 0 Å². The Bertz CT molecular complexity index is 945. The lowest BCUT2D eigenvalue weighted by molar-refractivity contribution is -0.196. The lowest BCUT2D eigenvalue weighted by atomic mass is 9.87. The molecular weight excluding hydrogens is 394 g/mol. The Balaban J connectivity index is 2.24. The van der Waals surface area contributed by atoms with Crippen LogP contribution in [0.2, 0.25) is 0 Å². The van der Waals surface area contributed by atoms with Gasteiger partial charge in [-0.1, -0.05) is 73.2 Å². The third-order valence-electron chi connectivity index (χ3n) is 5.15. The summed E-state index contributed by atoms with van der Waals surface area (Å²) in [5.74, 6) is 0. The molecule has 0 aliphatic rings. The number of hydrogen-bond acceptors (Lipinski definition) is 1. The van der Waals surface area contributed by atoms with Gasteiger partial charge in [-0.25, -0.2) is 5.09 Å². The summed E-state index contributed by atoms with van der Waals surface area (Å²) in [7, 11) is -3.81. The molecule has 0 fully saturated rings. The predicted octanol–water partition coefficient (Wildman–Crippen LogP) is 5.68. The highest BCUT2D eigenvalue weighted by atomic mass is 31.2. The summed E-state index contributed by atoms with van der Waals surface area (Å²) in [5, 5.41) is 3.30. The monoisotopic (exact) mass is 417 g/mol. The lowest BCUT2D eigenvalue weighted by Gasteiger charge is -2.39. The highest BCUT2D eigenvalue weighted by Crippen LogP contribution is 2.51. The van der Waals surface area contributed by atoms with Gasteiger partial charge in [0.05, 0.1) is 0 Å². The van der Waals surface area contributed by atoms with Gasteiger partial charge in [0, 0.05) is 10.6 Å². The molecule has 1 N–H and O–H groups in total. The maximum atomic E-state index is 14.5. The molecule has 3 aromatic carbocycles. The molecule has 6 heteroatoms. The number of halogens is 3. The topological polar surface area (TPSA) is 29.1 Å². The van der Waals surface area contributed by atoms with Crippen molar-refractivity contribution in [2.24, 2.45) is 0 Å². The molecule has 29 heavy (non-hydrogen) atoms. The highest BCUT2D eigenvalue weighted by molar-refractivity contribution is 7.77. The second-order valence-corrected chi connectivity index (χ2v) is 9.49. The first kappa shape index (κ1) is 21.4. The fourth-order valence-electron chi connectivity index (χ4n) is 3.44. The number of benzene rings is 3. The zero-order valence-electron chi connectivity index (χ0n) is 16.3. The molecule has 0 saturated heterocycles. The molecule has 2 nitrogen and oxygen atoms in total. The van der Waals surface area contributed by atoms with Gasteiger partial charge < -0.3 is 0 Å². The number of alkyl halides is 3. The summed E-state index contributed by atoms with van der Waals surface area (Å²) < 4.78 is 57.9. The molecule has 3 rings (SSSR count). The Kier molecular flexibility index (Phi) is 6.02. The van der Waals surface area contributed by atoms with Gasteiger partial charge in [-0.15, -0.1) is 0 Å². The maximum absolute atomic E-state index is 14.5. The molecule has 0 aliphatic carbocycles. The van der Waals surface area contributed by atoms with Gasteiger partial charge in [-0.3, -0.25) is 4.57 Å². The normalized spacial score (nSPS) is 14.4. The van der Waals surface area contributed by atoms with Gasteiger partial charge >= 0.3 is 6.18 Å². The largest absolute Gasteiger partial charge is 0.411 e. The van der Waals surface area contributed by atoms with Crippen molar-refractivity contribution in [3.63, 3.8) is 0 Å². The van der Waals surface area contributed by atoms with Crippen molar-refractivity contribution in [2.75, 3.05) is 0 Å². The molecule has 0 bridgehead atoms. The molecule has 0 amide bonds. The second kappa shape index (κ2) is 8.17. The summed E-state index contributed by atoms with van der Waals surface area (Å²) in [5.41, 5.74) is -1.55. The number of rotatable bonds is 6. The fourth-order valence-corrected chi connectivity index (χ4v) is 6.13. The van der Waals surface area contributed by atoms with Gasteiger partial charge in [0.2, 0.25) is 7.29 Å². The highest BCUT2D eigenvalue weighted by Gasteiger charge is 2.57. The Hall–Kier alpha value is -2.36. The Labute approximate surface area is 169 Å². The Morgan fingerprint density at radius 2 is 1.24 bits per heavy atom. The van der Waals surface area contributed by atoms with Crippen LogP contribution in [0.1, 0.15) is 24.5 Å². The van der Waals surface area contributed by atoms with Crippen LogP contribution in [0.3, 0.4) is 0 Å². The van der Waals surface area contributed by atoms with Crippen LogP contribution in [-0.4, -0.2) is 6.18 Å². The molecule has 0 spiro atoms. The number of aryl methyl sites for hydroxylation is 1. The molecule has 0 aromatic heterocycles. The Morgan fingerprint density at radius 1 is 0.793 bits per heavy atom. The van der Waals surface area contributed by atoms with E-state index in [0.29, 0.717) is 10.6 Å². The van der Waals surface area contributed by atoms with Crippen LogP contribution in [0.15, 0.2) is 84.9 Å². The van der Waals surface area contributed by atoms with E-state index < -0.39 is 19.0 Å². The van der Waals surface area contributed by atoms with Crippen LogP contribution in [0.4, 0.5) is 13.2 Å². The molecule has 3 aromatic rings. The van der Waals surface area contributed by atoms with Crippen molar-refractivity contribution in [1.82, 2.24) is 5.09 Å². The minimum Gasteiger partial charge on any atom is -0.296 e. The summed E-state index contributed by atoms with van der Waals surface area (Å²) >= 11 is 0. The molecule has 152 valence electrons. The van der Waals surface area contributed by atoms with E-state index in [1.807, 2.05) is 6.92 Å². The zero-order valence-corrected chi connectivity index (χ0v) is 17.2. The van der Waals surface area contributed by atoms with Crippen LogP contribution in [0, 0.1) is 6.92 Å². The van der Waals surface area contributed by atoms with E-state index in [1.165, 1.54) is 19.1 Å². The van der Waals surface area contributed by atoms with Crippen LogP contribution >= 0.6 is 7.29 Å². The minimum atomic E-state index is -4.66. The summed E-state index contributed by atoms with van der Waals surface area (Å²) in [6.07, 6.45) is -4.96. The van der Waals surface area contributed by atoms with E-state index in [-0.39, 0.29) is 12.0 Å². The van der Waals surface area contributed by atoms with Crippen molar-refractivity contribution >= 4 is 17.9 Å². The predicted molar refractivity (Wildman–Crippen MR) is 112 cm³/mol. The quantitative estimate of drug-likeness (QED) is 0.523. The first-order valence-corrected chi connectivity index (χ1v) is 11.1. The standard InChI is InChI=1S/C23H23F3NOP/c1-3-22(23(24,25)26,19-16-14-18(2)15-17-19)27-29(28,20-10-6-4-7-11-20)21-12-8-5-9-13-21/h4-17H,3H2,1-2H3,(H,27,28)/t22-/m1/s1. The molecule has 0 radical (unpaired) electrons. The Morgan fingerprint density at radius 3 is 1.62 bits per heavy atom. The van der Waals surface area contributed by atoms with Crippen molar-refractivity contribution in [3.05, 3.63) is 96.1 Å². The average Bonchev–Trinajstić information content (AvgIpc) is 2.73. The average molecular weight is 417 g/mol. The molecule has 1 atom stereocenters. The summed E-state index contributed by atoms with van der Waals surface area (Å²) in [6.45, 7) is 3.28. The van der Waals surface area contributed by atoms with Gasteiger partial charge in [-0.2, -0.15) is 13.2 Å². The second-order valence-electron chi connectivity index (χ2n) is 7.01. The van der Waals surface area contributed by atoms with Crippen LogP contribution in [0.25, 0.3) is 0 Å². The SMILES string of the molecule is CC[C@@](NP(=O)(c1ccccc1)c1ccccc1)(c1ccc(C)cc1)C(F)(F)F. The molecule has 0 aliphatic heterocycles. The van der Waals surface area contributed by atoms with Crippen LogP contribution in [-0.2, 0) is 10.1 Å². The molecule has 0 heterocycles. The lowest BCUT2D eigenvalue weighted by Crippen LogP contribution is -2.54. The van der Waals surface area contributed by atoms with E-state index in [9.17, 15) is 17.7 Å². The van der Waals surface area contributed by atoms with Crippen LogP contribution < -0.4 is 15.7 Å². The maximum Gasteiger partial charge on any atom is 0.411 e. The van der Waals surface area contributed by atoms with E-state index in [1.54, 1.807) is 72.8 Å². The first-order chi connectivity index (χ1) is 13.7. The van der Waals surface area contributed by atoms with Crippen molar-refractivity contribution in [2.45, 2.75) is 32.0 Å². The van der Waals surface area contributed by atoms with Gasteiger partial charge in [-0.05, 0) is 43.2 Å². The van der Waals surface area contributed by atoms with Crippen molar-refractivity contribution in [3.8, 4) is 0 Å². The van der Waals surface area contributed by atoms with E-state index in [2.05, 4.69) is 5.09 Å². The van der Waals surface area contributed by atoms with Crippen molar-refractivity contribution in [1.29, 1.82) is 0 Å². The third-order valence-corrected chi connectivity index (χ3v) is 7.89. The number of nitrogens with one attached hydrogen (secondary N) is 1. The summed E-state index contributed by atoms with van der Waals surface area (Å²) in [6, 6.07) is 22.8. The molecular formula is C23H23F3NOP. The molecule has 0 unspecified atom stereocenters. The van der Waals surface area contributed by atoms with Gasteiger partial charge in [0.15, 0.2) is 0 Å².